The number of carbonyl (C=O) groups is 4. The minimum absolute atomic E-state index is 0.0363. The topological polar surface area (TPSA) is 159 Å². The van der Waals surface area contributed by atoms with Gasteiger partial charge in [0.15, 0.2) is 17.9 Å². The minimum atomic E-state index is -1.65. The Bertz CT molecular complexity index is 727. The van der Waals surface area contributed by atoms with Crippen LogP contribution >= 0.6 is 0 Å². The SMILES string of the molecule is CCOC(=O)C(OCC)c1c(C(=O)O)cnc(C(=O)O)c1C(OCC)C(=O)OCC. The first-order valence-electron chi connectivity index (χ1n) is 9.30. The molecule has 0 aromatic carbocycles. The fourth-order valence-corrected chi connectivity index (χ4v) is 2.74. The van der Waals surface area contributed by atoms with E-state index in [-0.39, 0.29) is 32.0 Å². The molecule has 2 atom stereocenters. The minimum Gasteiger partial charge on any atom is -0.478 e. The lowest BCUT2D eigenvalue weighted by molar-refractivity contribution is -0.159. The molecule has 1 aromatic rings. The maximum atomic E-state index is 12.6. The highest BCUT2D eigenvalue weighted by atomic mass is 16.6. The van der Waals surface area contributed by atoms with Gasteiger partial charge in [-0.15, -0.1) is 0 Å². The molecule has 11 nitrogen and oxygen atoms in total. The Morgan fingerprint density at radius 1 is 0.800 bits per heavy atom. The van der Waals surface area contributed by atoms with Gasteiger partial charge in [-0.3, -0.25) is 0 Å². The summed E-state index contributed by atoms with van der Waals surface area (Å²) in [6.07, 6.45) is -2.50. The van der Waals surface area contributed by atoms with Crippen molar-refractivity contribution in [2.45, 2.75) is 39.9 Å². The van der Waals surface area contributed by atoms with E-state index < -0.39 is 52.9 Å². The quantitative estimate of drug-likeness (QED) is 0.468. The largest absolute Gasteiger partial charge is 0.478 e. The molecule has 30 heavy (non-hydrogen) atoms. The lowest BCUT2D eigenvalue weighted by Gasteiger charge is -2.25. The molecule has 11 heteroatoms. The van der Waals surface area contributed by atoms with Gasteiger partial charge in [0.05, 0.1) is 18.8 Å². The molecule has 166 valence electrons. The summed E-state index contributed by atoms with van der Waals surface area (Å²) in [5.74, 6) is -4.99. The number of pyridine rings is 1. The molecular weight excluding hydrogens is 402 g/mol. The molecule has 2 N–H and O–H groups in total. The van der Waals surface area contributed by atoms with Crippen LogP contribution < -0.4 is 0 Å². The van der Waals surface area contributed by atoms with Crippen molar-refractivity contribution in [3.63, 3.8) is 0 Å². The van der Waals surface area contributed by atoms with E-state index in [0.29, 0.717) is 0 Å². The highest BCUT2D eigenvalue weighted by Gasteiger charge is 2.39. The molecule has 1 heterocycles. The summed E-state index contributed by atoms with van der Waals surface area (Å²) in [6, 6.07) is 0. The van der Waals surface area contributed by atoms with Crippen LogP contribution in [0.3, 0.4) is 0 Å². The van der Waals surface area contributed by atoms with Gasteiger partial charge in [-0.1, -0.05) is 0 Å². The van der Waals surface area contributed by atoms with Gasteiger partial charge in [0.2, 0.25) is 0 Å². The standard InChI is InChI=1S/C19H25NO10/c1-5-27-14(18(25)29-7-3)11-10(16(21)22)9-20-13(17(23)24)12(11)15(28-6-2)19(26)30-8-4/h9,14-15H,5-8H2,1-4H3,(H,21,22)(H,23,24). The number of carboxylic acids is 2. The smallest absolute Gasteiger partial charge is 0.354 e. The second kappa shape index (κ2) is 11.8. The van der Waals surface area contributed by atoms with Crippen molar-refractivity contribution >= 4 is 23.9 Å². The predicted molar refractivity (Wildman–Crippen MR) is 100 cm³/mol. The summed E-state index contributed by atoms with van der Waals surface area (Å²) >= 11 is 0. The highest BCUT2D eigenvalue weighted by Crippen LogP contribution is 2.35. The fraction of sp³-hybridized carbons (Fsp3) is 0.526. The molecule has 0 saturated carbocycles. The van der Waals surface area contributed by atoms with Gasteiger partial charge >= 0.3 is 23.9 Å². The first-order valence-corrected chi connectivity index (χ1v) is 9.30. The molecule has 0 spiro atoms. The summed E-state index contributed by atoms with van der Waals surface area (Å²) in [5.41, 5.74) is -2.03. The molecular formula is C19H25NO10. The van der Waals surface area contributed by atoms with E-state index in [4.69, 9.17) is 18.9 Å². The molecule has 0 radical (unpaired) electrons. The van der Waals surface area contributed by atoms with Crippen LogP contribution in [0.15, 0.2) is 6.20 Å². The van der Waals surface area contributed by atoms with Crippen LogP contribution in [-0.4, -0.2) is 65.5 Å². The third-order valence-electron chi connectivity index (χ3n) is 3.78. The lowest BCUT2D eigenvalue weighted by atomic mass is 9.92. The molecule has 1 aromatic heterocycles. The van der Waals surface area contributed by atoms with Crippen molar-refractivity contribution in [1.82, 2.24) is 4.98 Å². The predicted octanol–water partition coefficient (Wildman–Crippen LogP) is 1.76. The van der Waals surface area contributed by atoms with Crippen LogP contribution in [0.4, 0.5) is 0 Å². The number of carboxylic acid groups (broad SMARTS) is 2. The van der Waals surface area contributed by atoms with Gasteiger partial charge in [-0.25, -0.2) is 24.2 Å². The van der Waals surface area contributed by atoms with Crippen LogP contribution in [-0.2, 0) is 28.5 Å². The summed E-state index contributed by atoms with van der Waals surface area (Å²) in [6.45, 7) is 6.01. The normalized spacial score (nSPS) is 12.7. The van der Waals surface area contributed by atoms with Gasteiger partial charge in [-0.05, 0) is 27.7 Å². The lowest BCUT2D eigenvalue weighted by Crippen LogP contribution is -2.29. The van der Waals surface area contributed by atoms with E-state index >= 15 is 0 Å². The van der Waals surface area contributed by atoms with Crippen LogP contribution in [0, 0.1) is 0 Å². The number of rotatable bonds is 12. The van der Waals surface area contributed by atoms with E-state index in [1.807, 2.05) is 0 Å². The summed E-state index contributed by atoms with van der Waals surface area (Å²) < 4.78 is 20.7. The number of esters is 2. The van der Waals surface area contributed by atoms with Crippen molar-refractivity contribution in [2.75, 3.05) is 26.4 Å². The molecule has 2 unspecified atom stereocenters. The number of carbonyl (C=O) groups excluding carboxylic acids is 2. The zero-order chi connectivity index (χ0) is 22.8. The molecule has 0 aliphatic carbocycles. The molecule has 0 saturated heterocycles. The second-order valence-corrected chi connectivity index (χ2v) is 5.63. The fourth-order valence-electron chi connectivity index (χ4n) is 2.74. The van der Waals surface area contributed by atoms with Crippen molar-refractivity contribution in [1.29, 1.82) is 0 Å². The summed E-state index contributed by atoms with van der Waals surface area (Å²) in [4.78, 5) is 52.5. The molecule has 0 aliphatic rings. The first-order chi connectivity index (χ1) is 14.2. The Hall–Kier alpha value is -3.05. The van der Waals surface area contributed by atoms with Gasteiger partial charge < -0.3 is 29.2 Å². The van der Waals surface area contributed by atoms with Crippen molar-refractivity contribution in [3.05, 3.63) is 28.6 Å². The number of hydrogen-bond acceptors (Lipinski definition) is 9. The van der Waals surface area contributed by atoms with Crippen LogP contribution in [0.5, 0.6) is 0 Å². The average Bonchev–Trinajstić information content (AvgIpc) is 2.69. The summed E-state index contributed by atoms with van der Waals surface area (Å²) in [7, 11) is 0. The highest BCUT2D eigenvalue weighted by molar-refractivity contribution is 5.97. The Balaban J connectivity index is 3.99. The number of ether oxygens (including phenoxy) is 4. The molecule has 0 aliphatic heterocycles. The van der Waals surface area contributed by atoms with E-state index in [9.17, 15) is 29.4 Å². The number of aromatic carboxylic acids is 2. The zero-order valence-electron chi connectivity index (χ0n) is 17.2. The molecule has 1 rings (SSSR count). The monoisotopic (exact) mass is 427 g/mol. The number of nitrogens with zero attached hydrogens (tertiary/aromatic N) is 1. The van der Waals surface area contributed by atoms with Crippen molar-refractivity contribution in [3.8, 4) is 0 Å². The number of hydrogen-bond donors (Lipinski definition) is 2. The van der Waals surface area contributed by atoms with E-state index in [2.05, 4.69) is 4.98 Å². The van der Waals surface area contributed by atoms with Crippen molar-refractivity contribution in [2.24, 2.45) is 0 Å². The van der Waals surface area contributed by atoms with Crippen LogP contribution in [0.1, 0.15) is 71.9 Å². The summed E-state index contributed by atoms with van der Waals surface area (Å²) in [5, 5.41) is 19.3. The Kier molecular flexibility index (Phi) is 9.85. The van der Waals surface area contributed by atoms with E-state index in [1.54, 1.807) is 13.8 Å². The van der Waals surface area contributed by atoms with E-state index in [0.717, 1.165) is 6.20 Å². The molecule has 0 amide bonds. The third kappa shape index (κ3) is 5.74. The van der Waals surface area contributed by atoms with Crippen LogP contribution in [0.2, 0.25) is 0 Å². The Labute approximate surface area is 172 Å². The molecule has 0 bridgehead atoms. The van der Waals surface area contributed by atoms with Gasteiger partial charge in [0, 0.05) is 30.5 Å². The number of aromatic nitrogens is 1. The third-order valence-corrected chi connectivity index (χ3v) is 3.78. The van der Waals surface area contributed by atoms with Gasteiger partial charge in [-0.2, -0.15) is 0 Å². The van der Waals surface area contributed by atoms with E-state index in [1.165, 1.54) is 13.8 Å². The van der Waals surface area contributed by atoms with Crippen molar-refractivity contribution < 1.29 is 48.3 Å². The Morgan fingerprint density at radius 2 is 1.27 bits per heavy atom. The zero-order valence-corrected chi connectivity index (χ0v) is 17.2. The first kappa shape index (κ1) is 25.0. The maximum Gasteiger partial charge on any atom is 0.354 e. The van der Waals surface area contributed by atoms with Gasteiger partial charge in [0.1, 0.15) is 0 Å². The molecule has 0 fully saturated rings. The average molecular weight is 427 g/mol. The maximum absolute atomic E-state index is 12.6. The van der Waals surface area contributed by atoms with Gasteiger partial charge in [0.25, 0.3) is 0 Å². The van der Waals surface area contributed by atoms with Crippen LogP contribution in [0.25, 0.3) is 0 Å². The Morgan fingerprint density at radius 3 is 1.63 bits per heavy atom. The second-order valence-electron chi connectivity index (χ2n) is 5.63.